The number of nitrogens with one attached hydrogen (secondary N) is 1. The Kier molecular flexibility index (Phi) is 9.28. The summed E-state index contributed by atoms with van der Waals surface area (Å²) in [6.07, 6.45) is 3.26. The number of halogens is 1. The molecule has 2 amide bonds. The van der Waals surface area contributed by atoms with Gasteiger partial charge in [0.25, 0.3) is 5.91 Å². The van der Waals surface area contributed by atoms with Crippen LogP contribution in [0.15, 0.2) is 53.0 Å². The van der Waals surface area contributed by atoms with Gasteiger partial charge in [0.15, 0.2) is 0 Å². The number of nitrogens with zero attached hydrogens (tertiary/aromatic N) is 3. The SMILES string of the molecule is CCC(C)N(C(=O)Cn1c(CCCNC(=O)c2ccc(Br)cc2)nc2ccccc21)C(C)CC. The third-order valence-electron chi connectivity index (χ3n) is 6.42. The van der Waals surface area contributed by atoms with Gasteiger partial charge in [-0.3, -0.25) is 9.59 Å². The molecule has 0 saturated heterocycles. The molecule has 3 aromatic rings. The summed E-state index contributed by atoms with van der Waals surface area (Å²) in [4.78, 5) is 32.6. The van der Waals surface area contributed by atoms with Crippen molar-refractivity contribution in [2.24, 2.45) is 0 Å². The Hall–Kier alpha value is -2.67. The molecule has 2 aromatic carbocycles. The number of hydrogen-bond donors (Lipinski definition) is 1. The monoisotopic (exact) mass is 526 g/mol. The quantitative estimate of drug-likeness (QED) is 0.331. The summed E-state index contributed by atoms with van der Waals surface area (Å²) in [7, 11) is 0. The van der Waals surface area contributed by atoms with Gasteiger partial charge in [0.2, 0.25) is 5.91 Å². The maximum absolute atomic E-state index is 13.4. The molecule has 2 atom stereocenters. The maximum Gasteiger partial charge on any atom is 0.251 e. The molecule has 7 heteroatoms. The van der Waals surface area contributed by atoms with Crippen molar-refractivity contribution >= 4 is 38.8 Å². The highest BCUT2D eigenvalue weighted by Crippen LogP contribution is 2.20. The highest BCUT2D eigenvalue weighted by Gasteiger charge is 2.25. The maximum atomic E-state index is 13.4. The number of rotatable bonds is 11. The fraction of sp³-hybridized carbons (Fsp3) is 0.444. The van der Waals surface area contributed by atoms with Gasteiger partial charge in [-0.1, -0.05) is 41.9 Å². The Morgan fingerprint density at radius 1 is 1.03 bits per heavy atom. The second-order valence-corrected chi connectivity index (χ2v) is 9.70. The van der Waals surface area contributed by atoms with E-state index in [0.29, 0.717) is 18.5 Å². The molecule has 0 radical (unpaired) electrons. The number of aryl methyl sites for hydroxylation is 1. The first-order chi connectivity index (χ1) is 16.3. The number of para-hydroxylation sites is 2. The van der Waals surface area contributed by atoms with Crippen molar-refractivity contribution in [2.45, 2.75) is 72.0 Å². The molecule has 0 aliphatic rings. The molecule has 1 aromatic heterocycles. The summed E-state index contributed by atoms with van der Waals surface area (Å²) in [6, 6.07) is 15.6. The molecule has 2 unspecified atom stereocenters. The normalized spacial score (nSPS) is 13.0. The molecule has 3 rings (SSSR count). The van der Waals surface area contributed by atoms with Crippen LogP contribution in [-0.4, -0.2) is 44.9 Å². The van der Waals surface area contributed by atoms with Crippen LogP contribution in [0.3, 0.4) is 0 Å². The van der Waals surface area contributed by atoms with Crippen LogP contribution in [0.5, 0.6) is 0 Å². The van der Waals surface area contributed by atoms with Gasteiger partial charge in [0.05, 0.1) is 11.0 Å². The molecule has 34 heavy (non-hydrogen) atoms. The van der Waals surface area contributed by atoms with Gasteiger partial charge in [-0.15, -0.1) is 0 Å². The van der Waals surface area contributed by atoms with Crippen LogP contribution in [0.4, 0.5) is 0 Å². The van der Waals surface area contributed by atoms with Crippen LogP contribution in [0.25, 0.3) is 11.0 Å². The van der Waals surface area contributed by atoms with E-state index in [0.717, 1.165) is 40.6 Å². The molecule has 0 fully saturated rings. The minimum atomic E-state index is -0.0890. The Balaban J connectivity index is 1.71. The van der Waals surface area contributed by atoms with Crippen LogP contribution in [0.1, 0.15) is 63.1 Å². The van der Waals surface area contributed by atoms with E-state index < -0.39 is 0 Å². The minimum Gasteiger partial charge on any atom is -0.352 e. The lowest BCUT2D eigenvalue weighted by Crippen LogP contribution is -2.45. The Labute approximate surface area is 210 Å². The molecule has 1 heterocycles. The third kappa shape index (κ3) is 6.26. The molecule has 0 aliphatic heterocycles. The predicted octanol–water partition coefficient (Wildman–Crippen LogP) is 5.59. The number of imidazole rings is 1. The molecule has 0 aliphatic carbocycles. The van der Waals surface area contributed by atoms with E-state index in [1.54, 1.807) is 12.1 Å². The van der Waals surface area contributed by atoms with Crippen LogP contribution < -0.4 is 5.32 Å². The first-order valence-corrected chi connectivity index (χ1v) is 12.9. The van der Waals surface area contributed by atoms with E-state index in [2.05, 4.69) is 48.9 Å². The third-order valence-corrected chi connectivity index (χ3v) is 6.94. The summed E-state index contributed by atoms with van der Waals surface area (Å²) in [5.74, 6) is 0.909. The summed E-state index contributed by atoms with van der Waals surface area (Å²) in [5, 5.41) is 2.98. The van der Waals surface area contributed by atoms with Crippen molar-refractivity contribution in [3.05, 3.63) is 64.4 Å². The van der Waals surface area contributed by atoms with E-state index in [1.165, 1.54) is 0 Å². The minimum absolute atomic E-state index is 0.0890. The number of benzene rings is 2. The molecule has 182 valence electrons. The van der Waals surface area contributed by atoms with Crippen LogP contribution in [0, 0.1) is 0 Å². The lowest BCUT2D eigenvalue weighted by molar-refractivity contribution is -0.136. The van der Waals surface area contributed by atoms with Gasteiger partial charge in [-0.2, -0.15) is 0 Å². The predicted molar refractivity (Wildman–Crippen MR) is 141 cm³/mol. The number of amides is 2. The van der Waals surface area contributed by atoms with Gasteiger partial charge in [-0.25, -0.2) is 4.98 Å². The lowest BCUT2D eigenvalue weighted by atomic mass is 10.1. The van der Waals surface area contributed by atoms with Crippen molar-refractivity contribution in [1.82, 2.24) is 19.8 Å². The number of fused-ring (bicyclic) bond motifs is 1. The summed E-state index contributed by atoms with van der Waals surface area (Å²) in [5.41, 5.74) is 2.50. The molecule has 0 spiro atoms. The average Bonchev–Trinajstić information content (AvgIpc) is 3.19. The van der Waals surface area contributed by atoms with E-state index in [-0.39, 0.29) is 30.4 Å². The average molecular weight is 528 g/mol. The zero-order valence-corrected chi connectivity index (χ0v) is 22.1. The van der Waals surface area contributed by atoms with E-state index >= 15 is 0 Å². The molecule has 0 saturated carbocycles. The van der Waals surface area contributed by atoms with Crippen molar-refractivity contribution in [3.63, 3.8) is 0 Å². The van der Waals surface area contributed by atoms with Crippen LogP contribution in [0.2, 0.25) is 0 Å². The standard InChI is InChI=1S/C27H35BrN4O2/c1-5-19(3)32(20(4)6-2)26(33)18-31-24-11-8-7-10-23(24)30-25(31)12-9-17-29-27(34)21-13-15-22(28)16-14-21/h7-8,10-11,13-16,19-20H,5-6,9,12,17-18H2,1-4H3,(H,29,34). The molecule has 1 N–H and O–H groups in total. The Morgan fingerprint density at radius 3 is 2.32 bits per heavy atom. The largest absolute Gasteiger partial charge is 0.352 e. The smallest absolute Gasteiger partial charge is 0.251 e. The van der Waals surface area contributed by atoms with Crippen molar-refractivity contribution < 1.29 is 9.59 Å². The van der Waals surface area contributed by atoms with Gasteiger partial charge in [0, 0.05) is 35.1 Å². The van der Waals surface area contributed by atoms with Crippen LogP contribution in [-0.2, 0) is 17.8 Å². The van der Waals surface area contributed by atoms with Crippen LogP contribution >= 0.6 is 15.9 Å². The van der Waals surface area contributed by atoms with Gasteiger partial charge in [0.1, 0.15) is 12.4 Å². The zero-order chi connectivity index (χ0) is 24.7. The second-order valence-electron chi connectivity index (χ2n) is 8.78. The van der Waals surface area contributed by atoms with E-state index in [1.807, 2.05) is 45.9 Å². The summed E-state index contributed by atoms with van der Waals surface area (Å²) >= 11 is 3.39. The number of carbonyl (C=O) groups excluding carboxylic acids is 2. The van der Waals surface area contributed by atoms with Gasteiger partial charge >= 0.3 is 0 Å². The first kappa shape index (κ1) is 25.9. The topological polar surface area (TPSA) is 67.2 Å². The van der Waals surface area contributed by atoms with Crippen molar-refractivity contribution in [3.8, 4) is 0 Å². The number of aromatic nitrogens is 2. The Bertz CT molecular complexity index is 1100. The lowest BCUT2D eigenvalue weighted by Gasteiger charge is -2.34. The van der Waals surface area contributed by atoms with Crippen molar-refractivity contribution in [1.29, 1.82) is 0 Å². The van der Waals surface area contributed by atoms with Gasteiger partial charge in [-0.05, 0) is 69.5 Å². The highest BCUT2D eigenvalue weighted by atomic mass is 79.9. The molecular weight excluding hydrogens is 492 g/mol. The number of carbonyl (C=O) groups is 2. The van der Waals surface area contributed by atoms with Gasteiger partial charge < -0.3 is 14.8 Å². The Morgan fingerprint density at radius 2 is 1.68 bits per heavy atom. The van der Waals surface area contributed by atoms with E-state index in [4.69, 9.17) is 4.98 Å². The summed E-state index contributed by atoms with van der Waals surface area (Å²) in [6.45, 7) is 9.28. The van der Waals surface area contributed by atoms with Crippen molar-refractivity contribution in [2.75, 3.05) is 6.54 Å². The number of hydrogen-bond acceptors (Lipinski definition) is 3. The molecule has 0 bridgehead atoms. The fourth-order valence-corrected chi connectivity index (χ4v) is 4.45. The summed E-state index contributed by atoms with van der Waals surface area (Å²) < 4.78 is 2.99. The second kappa shape index (κ2) is 12.2. The highest BCUT2D eigenvalue weighted by molar-refractivity contribution is 9.10. The molecule has 6 nitrogen and oxygen atoms in total. The molecular formula is C27H35BrN4O2. The first-order valence-electron chi connectivity index (χ1n) is 12.1. The fourth-order valence-electron chi connectivity index (χ4n) is 4.18. The zero-order valence-electron chi connectivity index (χ0n) is 20.6. The van der Waals surface area contributed by atoms with E-state index in [9.17, 15) is 9.59 Å².